The van der Waals surface area contributed by atoms with Crippen LogP contribution in [-0.4, -0.2) is 33.0 Å². The monoisotopic (exact) mass is 454 g/mol. The van der Waals surface area contributed by atoms with E-state index in [2.05, 4.69) is 27.0 Å². The van der Waals surface area contributed by atoms with E-state index in [-0.39, 0.29) is 11.2 Å². The first-order valence-corrected chi connectivity index (χ1v) is 12.0. The molecule has 0 radical (unpaired) electrons. The number of methoxy groups -OCH3 is 1. The molecule has 170 valence electrons. The zero-order valence-electron chi connectivity index (χ0n) is 18.8. The number of hydrogen-bond acceptors (Lipinski definition) is 6. The van der Waals surface area contributed by atoms with Crippen molar-refractivity contribution in [1.82, 2.24) is 20.1 Å². The van der Waals surface area contributed by atoms with E-state index in [9.17, 15) is 4.79 Å². The van der Waals surface area contributed by atoms with E-state index in [1.54, 1.807) is 13.4 Å². The summed E-state index contributed by atoms with van der Waals surface area (Å²) >= 11 is 1.46. The molecule has 0 saturated heterocycles. The standard InChI is InChI=1S/C24H30N4O3S/c1-16-7-4-5-9-21(16)28-22(18-10-12-19(30-3)13-11-18)26-27-24(28)32-17(2)23(29)25-15-20-8-6-14-31-20/h6,8,10-14,16-17,21H,4-5,7,9,15H2,1-3H3,(H,25,29)/t16-,17+,21+/m0/s1. The van der Waals surface area contributed by atoms with Crippen molar-refractivity contribution in [3.63, 3.8) is 0 Å². The Morgan fingerprint density at radius 3 is 2.72 bits per heavy atom. The van der Waals surface area contributed by atoms with Crippen molar-refractivity contribution in [1.29, 1.82) is 0 Å². The topological polar surface area (TPSA) is 82.2 Å². The molecule has 7 nitrogen and oxygen atoms in total. The summed E-state index contributed by atoms with van der Waals surface area (Å²) in [6.45, 7) is 4.58. The third-order valence-corrected chi connectivity index (χ3v) is 7.14. The number of aromatic nitrogens is 3. The van der Waals surface area contributed by atoms with Gasteiger partial charge in [0.05, 0.1) is 25.2 Å². The van der Waals surface area contributed by atoms with Crippen LogP contribution in [-0.2, 0) is 11.3 Å². The normalized spacial score (nSPS) is 19.5. The van der Waals surface area contributed by atoms with Crippen LogP contribution < -0.4 is 10.1 Å². The zero-order valence-corrected chi connectivity index (χ0v) is 19.6. The lowest BCUT2D eigenvalue weighted by Gasteiger charge is -2.31. The Hall–Kier alpha value is -2.74. The van der Waals surface area contributed by atoms with Crippen molar-refractivity contribution in [3.8, 4) is 17.1 Å². The average Bonchev–Trinajstić information content (AvgIpc) is 3.48. The molecule has 0 aliphatic heterocycles. The molecule has 1 fully saturated rings. The number of carbonyl (C=O) groups is 1. The molecule has 0 bridgehead atoms. The highest BCUT2D eigenvalue weighted by Crippen LogP contribution is 2.39. The first-order valence-electron chi connectivity index (χ1n) is 11.1. The van der Waals surface area contributed by atoms with Crippen LogP contribution in [0.1, 0.15) is 51.3 Å². The zero-order chi connectivity index (χ0) is 22.5. The van der Waals surface area contributed by atoms with Gasteiger partial charge in [0, 0.05) is 11.6 Å². The van der Waals surface area contributed by atoms with Gasteiger partial charge in [-0.05, 0) is 62.1 Å². The SMILES string of the molecule is COc1ccc(-c2nnc(S[C@H](C)C(=O)NCc3ccco3)n2[C@@H]2CCCC[C@@H]2C)cc1. The number of rotatable bonds is 8. The fourth-order valence-electron chi connectivity index (χ4n) is 4.22. The smallest absolute Gasteiger partial charge is 0.233 e. The van der Waals surface area contributed by atoms with Crippen LogP contribution in [0.5, 0.6) is 5.75 Å². The Morgan fingerprint density at radius 2 is 2.03 bits per heavy atom. The first kappa shape index (κ1) is 22.5. The van der Waals surface area contributed by atoms with Crippen molar-refractivity contribution in [2.45, 2.75) is 62.5 Å². The number of hydrogen-bond donors (Lipinski definition) is 1. The van der Waals surface area contributed by atoms with Crippen LogP contribution >= 0.6 is 11.8 Å². The number of nitrogens with zero attached hydrogens (tertiary/aromatic N) is 3. The molecule has 0 unspecified atom stereocenters. The number of amides is 1. The van der Waals surface area contributed by atoms with Crippen molar-refractivity contribution in [2.75, 3.05) is 7.11 Å². The summed E-state index contributed by atoms with van der Waals surface area (Å²) in [5, 5.41) is 12.5. The van der Waals surface area contributed by atoms with E-state index in [1.807, 2.05) is 43.3 Å². The van der Waals surface area contributed by atoms with Gasteiger partial charge in [0.15, 0.2) is 11.0 Å². The maximum Gasteiger partial charge on any atom is 0.233 e. The summed E-state index contributed by atoms with van der Waals surface area (Å²) < 4.78 is 12.9. The van der Waals surface area contributed by atoms with Gasteiger partial charge in [-0.3, -0.25) is 9.36 Å². The van der Waals surface area contributed by atoms with Gasteiger partial charge < -0.3 is 14.5 Å². The number of ether oxygens (including phenoxy) is 1. The maximum absolute atomic E-state index is 12.7. The number of furan rings is 1. The lowest BCUT2D eigenvalue weighted by molar-refractivity contribution is -0.120. The van der Waals surface area contributed by atoms with Gasteiger partial charge in [-0.1, -0.05) is 31.5 Å². The van der Waals surface area contributed by atoms with Crippen molar-refractivity contribution in [2.24, 2.45) is 5.92 Å². The molecule has 1 amide bonds. The molecule has 2 heterocycles. The van der Waals surface area contributed by atoms with Gasteiger partial charge in [-0.15, -0.1) is 10.2 Å². The van der Waals surface area contributed by atoms with Crippen LogP contribution in [0.2, 0.25) is 0 Å². The Morgan fingerprint density at radius 1 is 1.25 bits per heavy atom. The average molecular weight is 455 g/mol. The first-order chi connectivity index (χ1) is 15.6. The fourth-order valence-corrected chi connectivity index (χ4v) is 5.15. The number of benzene rings is 1. The molecule has 32 heavy (non-hydrogen) atoms. The maximum atomic E-state index is 12.7. The molecule has 1 aliphatic carbocycles. The summed E-state index contributed by atoms with van der Waals surface area (Å²) in [5.74, 6) is 2.86. The molecule has 8 heteroatoms. The quantitative estimate of drug-likeness (QED) is 0.477. The van der Waals surface area contributed by atoms with Gasteiger partial charge in [-0.25, -0.2) is 0 Å². The van der Waals surface area contributed by atoms with E-state index < -0.39 is 0 Å². The van der Waals surface area contributed by atoms with E-state index in [0.29, 0.717) is 18.5 Å². The number of thioether (sulfide) groups is 1. The van der Waals surface area contributed by atoms with Gasteiger partial charge in [0.2, 0.25) is 5.91 Å². The summed E-state index contributed by atoms with van der Waals surface area (Å²) in [6.07, 6.45) is 6.33. The molecule has 1 saturated carbocycles. The molecule has 1 N–H and O–H groups in total. The van der Waals surface area contributed by atoms with Gasteiger partial charge >= 0.3 is 0 Å². The fraction of sp³-hybridized carbons (Fsp3) is 0.458. The third-order valence-electron chi connectivity index (χ3n) is 6.08. The number of nitrogens with one attached hydrogen (secondary N) is 1. The second-order valence-electron chi connectivity index (χ2n) is 8.29. The highest BCUT2D eigenvalue weighted by molar-refractivity contribution is 8.00. The van der Waals surface area contributed by atoms with Crippen LogP contribution in [0.15, 0.2) is 52.2 Å². The molecule has 2 aromatic heterocycles. The largest absolute Gasteiger partial charge is 0.497 e. The summed E-state index contributed by atoms with van der Waals surface area (Å²) in [7, 11) is 1.66. The Kier molecular flexibility index (Phi) is 7.19. The van der Waals surface area contributed by atoms with E-state index >= 15 is 0 Å². The molecular weight excluding hydrogens is 424 g/mol. The molecular formula is C24H30N4O3S. The van der Waals surface area contributed by atoms with E-state index in [4.69, 9.17) is 9.15 Å². The van der Waals surface area contributed by atoms with Gasteiger partial charge in [0.1, 0.15) is 11.5 Å². The van der Waals surface area contributed by atoms with E-state index in [1.165, 1.54) is 31.0 Å². The van der Waals surface area contributed by atoms with E-state index in [0.717, 1.165) is 34.5 Å². The Balaban J connectivity index is 1.57. The number of carbonyl (C=O) groups excluding carboxylic acids is 1. The van der Waals surface area contributed by atoms with Crippen molar-refractivity contribution >= 4 is 17.7 Å². The second-order valence-corrected chi connectivity index (χ2v) is 9.60. The molecule has 1 aromatic carbocycles. The molecule has 1 aliphatic rings. The van der Waals surface area contributed by atoms with Gasteiger partial charge in [-0.2, -0.15) is 0 Å². The minimum absolute atomic E-state index is 0.0522. The molecule has 3 aromatic rings. The lowest BCUT2D eigenvalue weighted by Crippen LogP contribution is -2.31. The predicted octanol–water partition coefficient (Wildman–Crippen LogP) is 5.09. The Bertz CT molecular complexity index is 1020. The minimum Gasteiger partial charge on any atom is -0.497 e. The third kappa shape index (κ3) is 5.01. The van der Waals surface area contributed by atoms with Crippen molar-refractivity contribution < 1.29 is 13.9 Å². The lowest BCUT2D eigenvalue weighted by atomic mass is 9.85. The second kappa shape index (κ2) is 10.3. The molecule has 0 spiro atoms. The summed E-state index contributed by atoms with van der Waals surface area (Å²) in [4.78, 5) is 12.7. The van der Waals surface area contributed by atoms with Gasteiger partial charge in [0.25, 0.3) is 0 Å². The summed E-state index contributed by atoms with van der Waals surface area (Å²) in [6, 6.07) is 11.9. The van der Waals surface area contributed by atoms with Crippen LogP contribution in [0.25, 0.3) is 11.4 Å². The highest BCUT2D eigenvalue weighted by atomic mass is 32.2. The molecule has 3 atom stereocenters. The van der Waals surface area contributed by atoms with Crippen LogP contribution in [0.3, 0.4) is 0 Å². The highest BCUT2D eigenvalue weighted by Gasteiger charge is 2.30. The Labute approximate surface area is 192 Å². The molecule has 4 rings (SSSR count). The predicted molar refractivity (Wildman–Crippen MR) is 125 cm³/mol. The van der Waals surface area contributed by atoms with Crippen LogP contribution in [0.4, 0.5) is 0 Å². The van der Waals surface area contributed by atoms with Crippen LogP contribution in [0, 0.1) is 5.92 Å². The summed E-state index contributed by atoms with van der Waals surface area (Å²) in [5.41, 5.74) is 0.998. The minimum atomic E-state index is -0.310. The van der Waals surface area contributed by atoms with Crippen molar-refractivity contribution in [3.05, 3.63) is 48.4 Å².